The van der Waals surface area contributed by atoms with Crippen molar-refractivity contribution in [2.45, 2.75) is 6.92 Å². The maximum Gasteiger partial charge on any atom is 0.258 e. The van der Waals surface area contributed by atoms with Crippen molar-refractivity contribution in [3.63, 3.8) is 0 Å². The first-order valence-corrected chi connectivity index (χ1v) is 7.13. The number of aryl methyl sites for hydroxylation is 1. The van der Waals surface area contributed by atoms with Crippen LogP contribution in [0.15, 0.2) is 42.5 Å². The molecule has 2 aromatic carbocycles. The Morgan fingerprint density at radius 2 is 1.90 bits per heavy atom. The highest BCUT2D eigenvalue weighted by Gasteiger charge is 2.17. The van der Waals surface area contributed by atoms with Crippen molar-refractivity contribution in [3.8, 4) is 0 Å². The lowest BCUT2D eigenvalue weighted by Gasteiger charge is -2.20. The molecule has 0 fully saturated rings. The largest absolute Gasteiger partial charge is 0.389 e. The molecule has 0 bridgehead atoms. The number of anilines is 1. The standard InChI is InChI=1S/C16H15ClN2OS/c1-10-7-8-11(9-13(10)17)16(20)19(2)14-6-4-3-5-12(14)15(18)21/h3-9H,1-2H3,(H2,18,21). The van der Waals surface area contributed by atoms with Crippen LogP contribution in [-0.4, -0.2) is 17.9 Å². The van der Waals surface area contributed by atoms with Gasteiger partial charge in [0.25, 0.3) is 5.91 Å². The predicted octanol–water partition coefficient (Wildman–Crippen LogP) is 3.56. The molecule has 0 aliphatic carbocycles. The van der Waals surface area contributed by atoms with E-state index in [-0.39, 0.29) is 10.9 Å². The number of carbonyl (C=O) groups is 1. The first kappa shape index (κ1) is 15.5. The fraction of sp³-hybridized carbons (Fsp3) is 0.125. The van der Waals surface area contributed by atoms with Crippen molar-refractivity contribution in [3.05, 3.63) is 64.2 Å². The molecule has 0 aliphatic heterocycles. The molecule has 0 atom stereocenters. The summed E-state index contributed by atoms with van der Waals surface area (Å²) in [5, 5.41) is 0.567. The van der Waals surface area contributed by atoms with Gasteiger partial charge in [0.1, 0.15) is 4.99 Å². The van der Waals surface area contributed by atoms with Crippen molar-refractivity contribution in [1.82, 2.24) is 0 Å². The summed E-state index contributed by atoms with van der Waals surface area (Å²) >= 11 is 11.1. The van der Waals surface area contributed by atoms with Gasteiger partial charge in [-0.25, -0.2) is 0 Å². The molecule has 0 unspecified atom stereocenters. The van der Waals surface area contributed by atoms with Gasteiger partial charge in [-0.2, -0.15) is 0 Å². The molecule has 1 amide bonds. The Morgan fingerprint density at radius 1 is 1.24 bits per heavy atom. The second-order valence-corrected chi connectivity index (χ2v) is 5.56. The van der Waals surface area contributed by atoms with Crippen molar-refractivity contribution in [2.24, 2.45) is 5.73 Å². The first-order valence-electron chi connectivity index (χ1n) is 6.35. The molecule has 21 heavy (non-hydrogen) atoms. The van der Waals surface area contributed by atoms with Gasteiger partial charge in [-0.1, -0.05) is 42.0 Å². The van der Waals surface area contributed by atoms with E-state index in [0.29, 0.717) is 21.8 Å². The normalized spacial score (nSPS) is 10.2. The van der Waals surface area contributed by atoms with E-state index in [1.165, 1.54) is 4.90 Å². The number of nitrogens with zero attached hydrogens (tertiary/aromatic N) is 1. The zero-order valence-electron chi connectivity index (χ0n) is 11.8. The lowest BCUT2D eigenvalue weighted by molar-refractivity contribution is 0.0993. The van der Waals surface area contributed by atoms with Crippen molar-refractivity contribution in [1.29, 1.82) is 0 Å². The zero-order valence-corrected chi connectivity index (χ0v) is 13.3. The van der Waals surface area contributed by atoms with E-state index in [4.69, 9.17) is 29.6 Å². The van der Waals surface area contributed by atoms with Gasteiger partial charge >= 0.3 is 0 Å². The first-order chi connectivity index (χ1) is 9.91. The third-order valence-corrected chi connectivity index (χ3v) is 3.88. The Hall–Kier alpha value is -1.91. The minimum Gasteiger partial charge on any atom is -0.389 e. The summed E-state index contributed by atoms with van der Waals surface area (Å²) in [6.07, 6.45) is 0. The average Bonchev–Trinajstić information content (AvgIpc) is 2.48. The summed E-state index contributed by atoms with van der Waals surface area (Å²) in [4.78, 5) is 14.3. The Bertz CT molecular complexity index is 715. The fourth-order valence-electron chi connectivity index (χ4n) is 2.00. The molecular formula is C16H15ClN2OS. The Kier molecular flexibility index (Phi) is 4.60. The minimum atomic E-state index is -0.166. The summed E-state index contributed by atoms with van der Waals surface area (Å²) in [6, 6.07) is 12.5. The van der Waals surface area contributed by atoms with Crippen LogP contribution in [0.5, 0.6) is 0 Å². The smallest absolute Gasteiger partial charge is 0.258 e. The lowest BCUT2D eigenvalue weighted by atomic mass is 10.1. The maximum atomic E-state index is 12.6. The van der Waals surface area contributed by atoms with Crippen LogP contribution >= 0.6 is 23.8 Å². The summed E-state index contributed by atoms with van der Waals surface area (Å²) in [5.74, 6) is -0.166. The highest BCUT2D eigenvalue weighted by molar-refractivity contribution is 7.80. The molecule has 0 aromatic heterocycles. The summed E-state index contributed by atoms with van der Waals surface area (Å²) in [5.41, 5.74) is 8.50. The van der Waals surface area contributed by atoms with E-state index in [9.17, 15) is 4.79 Å². The molecule has 0 spiro atoms. The van der Waals surface area contributed by atoms with Crippen molar-refractivity contribution in [2.75, 3.05) is 11.9 Å². The number of amides is 1. The van der Waals surface area contributed by atoms with Crippen molar-refractivity contribution >= 4 is 40.4 Å². The number of carbonyl (C=O) groups excluding carboxylic acids is 1. The van der Waals surface area contributed by atoms with Gasteiger partial charge in [0, 0.05) is 23.2 Å². The molecule has 2 rings (SSSR count). The van der Waals surface area contributed by atoms with E-state index in [1.807, 2.05) is 31.2 Å². The van der Waals surface area contributed by atoms with E-state index < -0.39 is 0 Å². The van der Waals surface area contributed by atoms with Crippen LogP contribution < -0.4 is 10.6 Å². The van der Waals surface area contributed by atoms with Crippen LogP contribution in [-0.2, 0) is 0 Å². The third-order valence-electron chi connectivity index (χ3n) is 3.25. The molecule has 0 saturated carbocycles. The topological polar surface area (TPSA) is 46.3 Å². The molecule has 3 nitrogen and oxygen atoms in total. The molecule has 2 N–H and O–H groups in total. The number of hydrogen-bond donors (Lipinski definition) is 1. The number of rotatable bonds is 3. The quantitative estimate of drug-likeness (QED) is 0.880. The van der Waals surface area contributed by atoms with Crippen LogP contribution in [0.2, 0.25) is 5.02 Å². The van der Waals surface area contributed by atoms with Crippen LogP contribution in [0.4, 0.5) is 5.69 Å². The van der Waals surface area contributed by atoms with Crippen LogP contribution in [0.25, 0.3) is 0 Å². The zero-order chi connectivity index (χ0) is 15.6. The summed E-state index contributed by atoms with van der Waals surface area (Å²) in [7, 11) is 1.69. The van der Waals surface area contributed by atoms with E-state index >= 15 is 0 Å². The van der Waals surface area contributed by atoms with Gasteiger partial charge in [-0.15, -0.1) is 0 Å². The molecule has 0 saturated heterocycles. The average molecular weight is 319 g/mol. The Labute approximate surface area is 134 Å². The summed E-state index contributed by atoms with van der Waals surface area (Å²) < 4.78 is 0. The van der Waals surface area contributed by atoms with E-state index in [1.54, 1.807) is 25.2 Å². The summed E-state index contributed by atoms with van der Waals surface area (Å²) in [6.45, 7) is 1.89. The second kappa shape index (κ2) is 6.24. The Morgan fingerprint density at radius 3 is 2.52 bits per heavy atom. The van der Waals surface area contributed by atoms with Gasteiger partial charge in [0.15, 0.2) is 0 Å². The van der Waals surface area contributed by atoms with Gasteiger partial charge in [0.2, 0.25) is 0 Å². The van der Waals surface area contributed by atoms with Gasteiger partial charge in [0.05, 0.1) is 5.69 Å². The highest BCUT2D eigenvalue weighted by Crippen LogP contribution is 2.23. The van der Waals surface area contributed by atoms with Gasteiger partial charge in [-0.05, 0) is 36.8 Å². The number of nitrogens with two attached hydrogens (primary N) is 1. The SMILES string of the molecule is Cc1ccc(C(=O)N(C)c2ccccc2C(N)=S)cc1Cl. The molecule has 5 heteroatoms. The lowest BCUT2D eigenvalue weighted by Crippen LogP contribution is -2.28. The number of hydrogen-bond acceptors (Lipinski definition) is 2. The monoisotopic (exact) mass is 318 g/mol. The van der Waals surface area contributed by atoms with E-state index in [0.717, 1.165) is 5.56 Å². The maximum absolute atomic E-state index is 12.6. The number of benzene rings is 2. The van der Waals surface area contributed by atoms with Crippen LogP contribution in [0.1, 0.15) is 21.5 Å². The van der Waals surface area contributed by atoms with Gasteiger partial charge < -0.3 is 10.6 Å². The van der Waals surface area contributed by atoms with Crippen LogP contribution in [0, 0.1) is 6.92 Å². The molecular weight excluding hydrogens is 304 g/mol. The number of thiocarbonyl (C=S) groups is 1. The predicted molar refractivity (Wildman–Crippen MR) is 91.3 cm³/mol. The fourth-order valence-corrected chi connectivity index (χ4v) is 2.36. The second-order valence-electron chi connectivity index (χ2n) is 4.71. The molecule has 0 radical (unpaired) electrons. The molecule has 108 valence electrons. The highest BCUT2D eigenvalue weighted by atomic mass is 35.5. The van der Waals surface area contributed by atoms with Gasteiger partial charge in [-0.3, -0.25) is 4.79 Å². The molecule has 0 aliphatic rings. The molecule has 0 heterocycles. The number of para-hydroxylation sites is 1. The third kappa shape index (κ3) is 3.23. The van der Waals surface area contributed by atoms with Crippen molar-refractivity contribution < 1.29 is 4.79 Å². The number of halogens is 1. The minimum absolute atomic E-state index is 0.166. The molecule has 2 aromatic rings. The van der Waals surface area contributed by atoms with Crippen LogP contribution in [0.3, 0.4) is 0 Å². The van der Waals surface area contributed by atoms with E-state index in [2.05, 4.69) is 0 Å². The Balaban J connectivity index is 2.40.